The Hall–Kier alpha value is -1.03. The van der Waals surface area contributed by atoms with Crippen LogP contribution in [0, 0.1) is 6.92 Å². The predicted molar refractivity (Wildman–Crippen MR) is 124 cm³/mol. The second-order valence-corrected chi connectivity index (χ2v) is 10.2. The van der Waals surface area contributed by atoms with Gasteiger partial charge in [0, 0.05) is 13.1 Å². The SMILES string of the molecule is CCNC(=NCC(C)Oc1cccc(C)c1)NCCS(=O)(=O)C(C)(C)C.I. The van der Waals surface area contributed by atoms with Gasteiger partial charge in [-0.05, 0) is 59.2 Å². The van der Waals surface area contributed by atoms with Crippen molar-refractivity contribution < 1.29 is 13.2 Å². The quantitative estimate of drug-likeness (QED) is 0.319. The van der Waals surface area contributed by atoms with Gasteiger partial charge in [0.15, 0.2) is 15.8 Å². The third-order valence-corrected chi connectivity index (χ3v) is 6.38. The van der Waals surface area contributed by atoms with Crippen molar-refractivity contribution in [3.05, 3.63) is 29.8 Å². The molecule has 6 nitrogen and oxygen atoms in total. The molecule has 1 aromatic carbocycles. The molecule has 2 N–H and O–H groups in total. The lowest BCUT2D eigenvalue weighted by molar-refractivity contribution is 0.230. The number of rotatable bonds is 8. The van der Waals surface area contributed by atoms with Crippen molar-refractivity contribution in [3.8, 4) is 5.75 Å². The van der Waals surface area contributed by atoms with Crippen LogP contribution in [0.5, 0.6) is 5.75 Å². The van der Waals surface area contributed by atoms with E-state index in [2.05, 4.69) is 15.6 Å². The molecule has 1 aromatic rings. The number of halogens is 1. The number of guanidine groups is 1. The highest BCUT2D eigenvalue weighted by Gasteiger charge is 2.28. The van der Waals surface area contributed by atoms with Crippen molar-refractivity contribution in [1.29, 1.82) is 0 Å². The number of aliphatic imine (C=N–C) groups is 1. The molecule has 0 saturated heterocycles. The zero-order valence-electron chi connectivity index (χ0n) is 17.2. The summed E-state index contributed by atoms with van der Waals surface area (Å²) in [6.45, 7) is 12.6. The summed E-state index contributed by atoms with van der Waals surface area (Å²) in [5.41, 5.74) is 1.15. The van der Waals surface area contributed by atoms with Crippen LogP contribution in [-0.4, -0.2) is 50.6 Å². The van der Waals surface area contributed by atoms with Crippen LogP contribution in [0.15, 0.2) is 29.3 Å². The molecule has 0 aromatic heterocycles. The summed E-state index contributed by atoms with van der Waals surface area (Å²) in [6, 6.07) is 7.89. The molecule has 8 heteroatoms. The lowest BCUT2D eigenvalue weighted by Crippen LogP contribution is -2.42. The topological polar surface area (TPSA) is 79.8 Å². The monoisotopic (exact) mass is 511 g/mol. The fraction of sp³-hybridized carbons (Fsp3) is 0.632. The molecule has 0 aliphatic carbocycles. The number of sulfone groups is 1. The van der Waals surface area contributed by atoms with Gasteiger partial charge in [-0.15, -0.1) is 24.0 Å². The van der Waals surface area contributed by atoms with E-state index in [-0.39, 0.29) is 35.8 Å². The third kappa shape index (κ3) is 9.64. The molecular weight excluding hydrogens is 477 g/mol. The third-order valence-electron chi connectivity index (χ3n) is 3.77. The Morgan fingerprint density at radius 2 is 1.93 bits per heavy atom. The average molecular weight is 511 g/mol. The van der Waals surface area contributed by atoms with E-state index < -0.39 is 14.6 Å². The zero-order chi connectivity index (χ0) is 19.8. The molecule has 0 spiro atoms. The van der Waals surface area contributed by atoms with Gasteiger partial charge >= 0.3 is 0 Å². The van der Waals surface area contributed by atoms with Crippen molar-refractivity contribution in [3.63, 3.8) is 0 Å². The molecule has 0 saturated carbocycles. The summed E-state index contributed by atoms with van der Waals surface area (Å²) in [7, 11) is -3.15. The van der Waals surface area contributed by atoms with E-state index in [4.69, 9.17) is 4.74 Å². The fourth-order valence-corrected chi connectivity index (χ4v) is 3.11. The Kier molecular flexibility index (Phi) is 11.3. The van der Waals surface area contributed by atoms with Gasteiger partial charge in [0.05, 0.1) is 17.0 Å². The molecule has 1 atom stereocenters. The standard InChI is InChI=1S/C19H33N3O3S.HI/c1-7-20-18(21-11-12-26(23,24)19(4,5)6)22-14-16(3)25-17-10-8-9-15(2)13-17;/h8-10,13,16H,7,11-12,14H2,1-6H3,(H2,20,21,22);1H. The average Bonchev–Trinajstić information content (AvgIpc) is 2.51. The Bertz CT molecular complexity index is 700. The van der Waals surface area contributed by atoms with Gasteiger partial charge in [-0.3, -0.25) is 0 Å². The first kappa shape index (κ1) is 26.0. The summed E-state index contributed by atoms with van der Waals surface area (Å²) >= 11 is 0. The minimum absolute atomic E-state index is 0. The Labute approximate surface area is 181 Å². The van der Waals surface area contributed by atoms with Crippen molar-refractivity contribution >= 4 is 39.8 Å². The zero-order valence-corrected chi connectivity index (χ0v) is 20.4. The van der Waals surface area contributed by atoms with Crippen LogP contribution >= 0.6 is 24.0 Å². The first-order valence-electron chi connectivity index (χ1n) is 9.03. The summed E-state index contributed by atoms with van der Waals surface area (Å²) in [5, 5.41) is 6.21. The molecule has 1 rings (SSSR count). The molecular formula is C19H34IN3O3S. The van der Waals surface area contributed by atoms with E-state index >= 15 is 0 Å². The molecule has 156 valence electrons. The second kappa shape index (κ2) is 11.7. The van der Waals surface area contributed by atoms with Crippen LogP contribution in [-0.2, 0) is 9.84 Å². The summed E-state index contributed by atoms with van der Waals surface area (Å²) in [4.78, 5) is 4.49. The number of aryl methyl sites for hydroxylation is 1. The van der Waals surface area contributed by atoms with E-state index in [1.54, 1.807) is 20.8 Å². The smallest absolute Gasteiger partial charge is 0.191 e. The van der Waals surface area contributed by atoms with Crippen LogP contribution in [0.25, 0.3) is 0 Å². The van der Waals surface area contributed by atoms with Crippen molar-refractivity contribution in [2.24, 2.45) is 4.99 Å². The van der Waals surface area contributed by atoms with Gasteiger partial charge in [0.2, 0.25) is 0 Å². The predicted octanol–water partition coefficient (Wildman–Crippen LogP) is 3.15. The second-order valence-electron chi connectivity index (χ2n) is 7.32. The van der Waals surface area contributed by atoms with Crippen molar-refractivity contribution in [2.75, 3.05) is 25.4 Å². The molecule has 0 aliphatic heterocycles. The number of nitrogens with zero attached hydrogens (tertiary/aromatic N) is 1. The van der Waals surface area contributed by atoms with E-state index in [1.807, 2.05) is 45.0 Å². The van der Waals surface area contributed by atoms with Crippen LogP contribution in [0.1, 0.15) is 40.2 Å². The van der Waals surface area contributed by atoms with Gasteiger partial charge in [-0.2, -0.15) is 0 Å². The van der Waals surface area contributed by atoms with Crippen LogP contribution in [0.3, 0.4) is 0 Å². The van der Waals surface area contributed by atoms with Crippen LogP contribution in [0.2, 0.25) is 0 Å². The van der Waals surface area contributed by atoms with Gasteiger partial charge in [-0.1, -0.05) is 12.1 Å². The highest BCUT2D eigenvalue weighted by molar-refractivity contribution is 14.0. The Morgan fingerprint density at radius 3 is 2.48 bits per heavy atom. The van der Waals surface area contributed by atoms with Gasteiger partial charge in [0.25, 0.3) is 0 Å². The Morgan fingerprint density at radius 1 is 1.26 bits per heavy atom. The number of hydrogen-bond donors (Lipinski definition) is 2. The number of ether oxygens (including phenoxy) is 1. The maximum atomic E-state index is 12.2. The van der Waals surface area contributed by atoms with Gasteiger partial charge in [-0.25, -0.2) is 13.4 Å². The molecule has 0 aliphatic rings. The molecule has 1 unspecified atom stereocenters. The molecule has 0 amide bonds. The van der Waals surface area contributed by atoms with E-state index in [0.29, 0.717) is 25.6 Å². The number of hydrogen-bond acceptors (Lipinski definition) is 4. The molecule has 0 bridgehead atoms. The van der Waals surface area contributed by atoms with Crippen molar-refractivity contribution in [1.82, 2.24) is 10.6 Å². The van der Waals surface area contributed by atoms with Gasteiger partial charge in [0.1, 0.15) is 11.9 Å². The van der Waals surface area contributed by atoms with E-state index in [1.165, 1.54) is 0 Å². The Balaban J connectivity index is 0.00000676. The highest BCUT2D eigenvalue weighted by Crippen LogP contribution is 2.15. The van der Waals surface area contributed by atoms with Crippen LogP contribution in [0.4, 0.5) is 0 Å². The summed E-state index contributed by atoms with van der Waals surface area (Å²) < 4.78 is 29.5. The maximum Gasteiger partial charge on any atom is 0.191 e. The van der Waals surface area contributed by atoms with E-state index in [9.17, 15) is 8.42 Å². The van der Waals surface area contributed by atoms with Gasteiger partial charge < -0.3 is 15.4 Å². The number of nitrogens with one attached hydrogen (secondary N) is 2. The van der Waals surface area contributed by atoms with Crippen LogP contribution < -0.4 is 15.4 Å². The normalized spacial score (nSPS) is 13.5. The molecule has 27 heavy (non-hydrogen) atoms. The molecule has 0 heterocycles. The first-order valence-corrected chi connectivity index (χ1v) is 10.7. The minimum atomic E-state index is -3.15. The summed E-state index contributed by atoms with van der Waals surface area (Å²) in [5.74, 6) is 1.48. The van der Waals surface area contributed by atoms with E-state index in [0.717, 1.165) is 11.3 Å². The lowest BCUT2D eigenvalue weighted by atomic mass is 10.2. The minimum Gasteiger partial charge on any atom is -0.489 e. The van der Waals surface area contributed by atoms with Crippen molar-refractivity contribution in [2.45, 2.75) is 52.4 Å². The lowest BCUT2D eigenvalue weighted by Gasteiger charge is -2.20. The maximum absolute atomic E-state index is 12.2. The molecule has 0 radical (unpaired) electrons. The molecule has 0 fully saturated rings. The fourth-order valence-electron chi connectivity index (χ4n) is 2.13. The highest BCUT2D eigenvalue weighted by atomic mass is 127. The summed E-state index contributed by atoms with van der Waals surface area (Å²) in [6.07, 6.45) is -0.0921. The first-order chi connectivity index (χ1) is 12.0. The number of benzene rings is 1. The largest absolute Gasteiger partial charge is 0.489 e.